The summed E-state index contributed by atoms with van der Waals surface area (Å²) in [7, 11) is 0. The van der Waals surface area contributed by atoms with Crippen LogP contribution < -0.4 is 0 Å². The molecule has 138 heavy (non-hydrogen) atoms. The van der Waals surface area contributed by atoms with Gasteiger partial charge in [-0.1, -0.05) is 388 Å². The summed E-state index contributed by atoms with van der Waals surface area (Å²) in [6, 6.07) is 183. The van der Waals surface area contributed by atoms with Gasteiger partial charge in [-0.05, 0) is 225 Å². The van der Waals surface area contributed by atoms with E-state index in [0.29, 0.717) is 0 Å². The molecule has 0 N–H and O–H groups in total. The van der Waals surface area contributed by atoms with Gasteiger partial charge in [0.15, 0.2) is 0 Å². The number of fused-ring (bicyclic) bond motifs is 21. The highest BCUT2D eigenvalue weighted by molar-refractivity contribution is 6.28. The maximum atomic E-state index is 2.51. The van der Waals surface area contributed by atoms with E-state index < -0.39 is 0 Å². The minimum Gasteiger partial charge on any atom is -0.316 e. The maximum Gasteiger partial charge on any atom is 0.0628 e. The molecule has 0 atom stereocenters. The second-order valence-electron chi connectivity index (χ2n) is 36.0. The summed E-state index contributed by atoms with van der Waals surface area (Å²) in [5.74, 6) is 0. The van der Waals surface area contributed by atoms with Crippen molar-refractivity contribution in [3.63, 3.8) is 0 Å². The molecule has 0 radical (unpaired) electrons. The van der Waals surface area contributed by atoms with E-state index in [-0.39, 0.29) is 0 Å². The third-order valence-corrected chi connectivity index (χ3v) is 28.5. The summed E-state index contributed by atoms with van der Waals surface area (Å²) in [5.41, 5.74) is 30.5. The van der Waals surface area contributed by atoms with Crippen molar-refractivity contribution in [1.29, 1.82) is 0 Å². The zero-order valence-corrected chi connectivity index (χ0v) is 75.3. The normalized spacial score (nSPS) is 11.8. The van der Waals surface area contributed by atoms with Crippen LogP contribution in [0.25, 0.3) is 253 Å². The van der Waals surface area contributed by atoms with Crippen molar-refractivity contribution in [2.45, 2.75) is 0 Å². The molecule has 6 nitrogen and oxygen atoms in total. The molecule has 0 unspecified atom stereocenters. The highest BCUT2D eigenvalue weighted by Gasteiger charge is 2.27. The van der Waals surface area contributed by atoms with Crippen molar-refractivity contribution in [3.8, 4) is 89.8 Å². The molecule has 0 aliphatic carbocycles. The molecule has 29 rings (SSSR count). The van der Waals surface area contributed by atoms with Crippen LogP contribution in [0.5, 0.6) is 0 Å². The van der Waals surface area contributed by atoms with Crippen molar-refractivity contribution < 1.29 is 0 Å². The van der Waals surface area contributed by atoms with Crippen molar-refractivity contribution in [2.24, 2.45) is 0 Å². The molecule has 0 spiro atoms. The number of hydrogen-bond acceptors (Lipinski definition) is 0. The molecule has 0 amide bonds. The number of benzene rings is 23. The van der Waals surface area contributed by atoms with E-state index in [1.807, 2.05) is 0 Å². The first kappa shape index (κ1) is 79.4. The topological polar surface area (TPSA) is 29.6 Å². The number of nitrogens with zero attached hydrogens (tertiary/aromatic N) is 6. The van der Waals surface area contributed by atoms with Crippen LogP contribution in [0, 0.1) is 0 Å². The fourth-order valence-electron chi connectivity index (χ4n) is 22.8. The van der Waals surface area contributed by atoms with Crippen molar-refractivity contribution in [3.05, 3.63) is 522 Å². The van der Waals surface area contributed by atoms with Crippen LogP contribution in [0.3, 0.4) is 0 Å². The Morgan fingerprint density at radius 2 is 0.362 bits per heavy atom. The molecule has 644 valence electrons. The van der Waals surface area contributed by atoms with E-state index in [4.69, 9.17) is 0 Å². The molecule has 29 aromatic rings. The standard InChI is InChI=1S/2C46H30N2.C40H26N2/c1-3-14-31(15-4-1)43-36-20-7-9-22-38(36)44(39-23-10-8-21-37(39)43)33-16-13-19-35(30-33)48-41-25-12-11-24-40(41)45-42(48)27-26-32-28-29-47(46(32)45)34-17-5-2-6-18-34;1-3-13-31(14-4-1)43-36-17-7-9-19-38(36)44(39-20-10-8-18-37(39)43)32-23-26-35(27-24-32)48-41-22-12-11-21-40(41)45-42(48)28-25-33-29-30-47(46(33)45)34-15-5-2-6-16-34;1-3-13-27(14-4-1)37-30-17-7-9-19-32(30)40(33-20-10-8-18-31(33)37)42-35-22-12-11-21-34(35)38-36(42)24-23-28-25-26-41(39(28)38)29-15-5-2-6-16-29/h2*1-30H;1-26H. The molecule has 0 saturated carbocycles. The molecular weight excluding hydrogens is 1670 g/mol. The lowest BCUT2D eigenvalue weighted by Gasteiger charge is -2.19. The largest absolute Gasteiger partial charge is 0.316 e. The minimum absolute atomic E-state index is 1.15. The van der Waals surface area contributed by atoms with E-state index in [1.54, 1.807) is 0 Å². The monoisotopic (exact) mass is 1750 g/mol. The zero-order valence-electron chi connectivity index (χ0n) is 75.3. The Morgan fingerprint density at radius 1 is 0.130 bits per heavy atom. The molecule has 23 aromatic carbocycles. The van der Waals surface area contributed by atoms with Gasteiger partial charge < -0.3 is 27.4 Å². The SMILES string of the molecule is c1ccc(-c2c3ccccc3c(-c3ccc(-n4c5ccccc5c5c6c(ccc54)ccn6-c4ccccc4)cc3)c3ccccc23)cc1.c1ccc(-c2c3ccccc3c(-c3cccc(-n4c5ccccc5c5c6c(ccc54)ccn6-c4ccccc4)c3)c3ccccc23)cc1.c1ccc(-c2c3ccccc3c(-n3c4ccccc4c4c5c(ccc43)ccn5-c3ccccc3)c3ccccc23)cc1. The summed E-state index contributed by atoms with van der Waals surface area (Å²) in [6.45, 7) is 0. The third kappa shape index (κ3) is 12.7. The molecule has 6 aromatic heterocycles. The number of hydrogen-bond donors (Lipinski definition) is 0. The van der Waals surface area contributed by atoms with Crippen LogP contribution in [0.4, 0.5) is 0 Å². The Hall–Kier alpha value is -18.4. The molecule has 0 bridgehead atoms. The minimum atomic E-state index is 1.15. The van der Waals surface area contributed by atoms with Gasteiger partial charge in [0, 0.05) is 106 Å². The average molecular weight is 1760 g/mol. The van der Waals surface area contributed by atoms with Gasteiger partial charge >= 0.3 is 0 Å². The van der Waals surface area contributed by atoms with E-state index in [0.717, 1.165) is 17.1 Å². The van der Waals surface area contributed by atoms with Crippen LogP contribution in [0.1, 0.15) is 0 Å². The predicted molar refractivity (Wildman–Crippen MR) is 585 cm³/mol. The van der Waals surface area contributed by atoms with Crippen molar-refractivity contribution >= 4 is 163 Å². The van der Waals surface area contributed by atoms with E-state index in [1.165, 1.54) is 235 Å². The van der Waals surface area contributed by atoms with Gasteiger partial charge in [0.2, 0.25) is 0 Å². The summed E-state index contributed by atoms with van der Waals surface area (Å²) in [4.78, 5) is 0. The van der Waals surface area contributed by atoms with Gasteiger partial charge in [0.1, 0.15) is 0 Å². The quantitative estimate of drug-likeness (QED) is 0.116. The highest BCUT2D eigenvalue weighted by atomic mass is 15.0. The average Bonchev–Trinajstić information content (AvgIpc) is 1.54. The second-order valence-corrected chi connectivity index (χ2v) is 36.0. The van der Waals surface area contributed by atoms with Gasteiger partial charge in [-0.3, -0.25) is 0 Å². The lowest BCUT2D eigenvalue weighted by atomic mass is 9.86. The number of aromatic nitrogens is 6. The Kier molecular flexibility index (Phi) is 18.9. The Morgan fingerprint density at radius 3 is 0.688 bits per heavy atom. The van der Waals surface area contributed by atoms with Crippen LogP contribution in [-0.2, 0) is 0 Å². The Balaban J connectivity index is 0.000000105. The molecule has 0 saturated heterocycles. The Bertz CT molecular complexity index is 9680. The first-order valence-electron chi connectivity index (χ1n) is 47.5. The van der Waals surface area contributed by atoms with Gasteiger partial charge in [0.05, 0.1) is 55.3 Å². The van der Waals surface area contributed by atoms with Crippen LogP contribution in [-0.4, -0.2) is 27.4 Å². The number of para-hydroxylation sites is 6. The zero-order chi connectivity index (χ0) is 90.8. The molecule has 6 heterocycles. The fraction of sp³-hybridized carbons (Fsp3) is 0. The van der Waals surface area contributed by atoms with Gasteiger partial charge in [-0.25, -0.2) is 0 Å². The molecule has 0 fully saturated rings. The summed E-state index contributed by atoms with van der Waals surface area (Å²) in [6.07, 6.45) is 6.59. The number of rotatable bonds is 11. The second kappa shape index (κ2) is 32.8. The maximum absolute atomic E-state index is 2.51. The van der Waals surface area contributed by atoms with Gasteiger partial charge in [0.25, 0.3) is 0 Å². The molecule has 6 heteroatoms. The van der Waals surface area contributed by atoms with Crippen molar-refractivity contribution in [2.75, 3.05) is 0 Å². The van der Waals surface area contributed by atoms with E-state index >= 15 is 0 Å². The van der Waals surface area contributed by atoms with Crippen LogP contribution >= 0.6 is 0 Å². The molecule has 0 aliphatic rings. The van der Waals surface area contributed by atoms with Gasteiger partial charge in [-0.2, -0.15) is 0 Å². The Labute approximate surface area is 796 Å². The predicted octanol–water partition coefficient (Wildman–Crippen LogP) is 35.4. The smallest absolute Gasteiger partial charge is 0.0628 e. The van der Waals surface area contributed by atoms with E-state index in [9.17, 15) is 0 Å². The lowest BCUT2D eigenvalue weighted by molar-refractivity contribution is 1.13. The molecule has 0 aliphatic heterocycles. The lowest BCUT2D eigenvalue weighted by Crippen LogP contribution is -1.99. The van der Waals surface area contributed by atoms with Crippen molar-refractivity contribution in [1.82, 2.24) is 27.4 Å². The first-order valence-corrected chi connectivity index (χ1v) is 47.5. The first-order chi connectivity index (χ1) is 68.6. The van der Waals surface area contributed by atoms with E-state index in [2.05, 4.69) is 550 Å². The van der Waals surface area contributed by atoms with Gasteiger partial charge in [-0.15, -0.1) is 0 Å². The van der Waals surface area contributed by atoms with Crippen LogP contribution in [0.2, 0.25) is 0 Å². The highest BCUT2D eigenvalue weighted by Crippen LogP contribution is 2.51. The fourth-order valence-corrected chi connectivity index (χ4v) is 22.8. The van der Waals surface area contributed by atoms with Crippen LogP contribution in [0.15, 0.2) is 522 Å². The molecular formula is C132H86N6. The summed E-state index contributed by atoms with van der Waals surface area (Å²) < 4.78 is 14.4. The summed E-state index contributed by atoms with van der Waals surface area (Å²) >= 11 is 0. The summed E-state index contributed by atoms with van der Waals surface area (Å²) in [5, 5.41) is 26.4. The third-order valence-electron chi connectivity index (χ3n) is 28.5.